The van der Waals surface area contributed by atoms with Crippen LogP contribution >= 0.6 is 28.1 Å². The summed E-state index contributed by atoms with van der Waals surface area (Å²) in [5.41, 5.74) is 1.90. The van der Waals surface area contributed by atoms with Crippen LogP contribution in [0, 0.1) is 0 Å². The van der Waals surface area contributed by atoms with Crippen LogP contribution in [0.15, 0.2) is 65.3 Å². The van der Waals surface area contributed by atoms with Crippen LogP contribution in [0.1, 0.15) is 12.5 Å². The second kappa shape index (κ2) is 9.03. The van der Waals surface area contributed by atoms with Crippen molar-refractivity contribution in [1.82, 2.24) is 5.32 Å². The summed E-state index contributed by atoms with van der Waals surface area (Å²) in [6, 6.07) is 12.9. The van der Waals surface area contributed by atoms with E-state index in [0.717, 1.165) is 10.0 Å². The van der Waals surface area contributed by atoms with Crippen LogP contribution in [0.5, 0.6) is 11.5 Å². The maximum Gasteiger partial charge on any atom is 0.281 e. The van der Waals surface area contributed by atoms with Crippen LogP contribution in [-0.4, -0.2) is 24.2 Å². The summed E-state index contributed by atoms with van der Waals surface area (Å²) < 4.78 is 12.2. The molecule has 144 valence electrons. The Kier molecular flexibility index (Phi) is 6.49. The lowest BCUT2D eigenvalue weighted by molar-refractivity contribution is -0.113. The number of benzene rings is 2. The number of nitrogens with zero attached hydrogens (tertiary/aromatic N) is 1. The molecule has 0 bridgehead atoms. The summed E-state index contributed by atoms with van der Waals surface area (Å²) in [7, 11) is 0. The Balaban J connectivity index is 1.87. The molecule has 2 aromatic carbocycles. The first-order valence-electron chi connectivity index (χ1n) is 8.66. The number of halogens is 1. The molecule has 28 heavy (non-hydrogen) atoms. The Morgan fingerprint density at radius 1 is 1.18 bits per heavy atom. The first kappa shape index (κ1) is 20.1. The Morgan fingerprint density at radius 3 is 2.61 bits per heavy atom. The Bertz CT molecular complexity index is 941. The van der Waals surface area contributed by atoms with Crippen molar-refractivity contribution < 1.29 is 14.3 Å². The molecule has 1 saturated heterocycles. The van der Waals surface area contributed by atoms with Gasteiger partial charge >= 0.3 is 0 Å². The van der Waals surface area contributed by atoms with Crippen molar-refractivity contribution in [3.63, 3.8) is 0 Å². The number of hydrogen-bond acceptors (Lipinski definition) is 4. The fraction of sp³-hybridized carbons (Fsp3) is 0.143. The lowest BCUT2D eigenvalue weighted by Crippen LogP contribution is -2.30. The zero-order valence-electron chi connectivity index (χ0n) is 15.3. The first-order valence-corrected chi connectivity index (χ1v) is 9.87. The van der Waals surface area contributed by atoms with E-state index in [2.05, 4.69) is 27.8 Å². The lowest BCUT2D eigenvalue weighted by Gasteiger charge is -2.13. The number of rotatable bonds is 7. The Labute approximate surface area is 177 Å². The average molecular weight is 459 g/mol. The first-order chi connectivity index (χ1) is 13.5. The number of ether oxygens (including phenoxy) is 2. The van der Waals surface area contributed by atoms with Crippen LogP contribution in [-0.2, 0) is 4.79 Å². The Morgan fingerprint density at radius 2 is 1.93 bits per heavy atom. The highest BCUT2D eigenvalue weighted by Gasteiger charge is 2.31. The molecule has 1 fully saturated rings. The van der Waals surface area contributed by atoms with E-state index in [4.69, 9.17) is 21.7 Å². The highest BCUT2D eigenvalue weighted by Crippen LogP contribution is 2.30. The van der Waals surface area contributed by atoms with E-state index in [0.29, 0.717) is 41.2 Å². The van der Waals surface area contributed by atoms with Gasteiger partial charge in [0.05, 0.1) is 12.3 Å². The molecule has 1 aliphatic rings. The van der Waals surface area contributed by atoms with Gasteiger partial charge in [0.2, 0.25) is 0 Å². The maximum absolute atomic E-state index is 12.9. The number of carbonyl (C=O) groups is 1. The van der Waals surface area contributed by atoms with E-state index in [1.165, 1.54) is 4.90 Å². The summed E-state index contributed by atoms with van der Waals surface area (Å²) in [5, 5.41) is 3.33. The molecule has 1 heterocycles. The van der Waals surface area contributed by atoms with E-state index in [9.17, 15) is 4.79 Å². The van der Waals surface area contributed by atoms with Gasteiger partial charge in [-0.15, -0.1) is 0 Å². The van der Waals surface area contributed by atoms with Crippen LogP contribution in [0.3, 0.4) is 0 Å². The molecule has 1 aliphatic heterocycles. The van der Waals surface area contributed by atoms with Gasteiger partial charge in [0.15, 0.2) is 16.6 Å². The average Bonchev–Trinajstić information content (AvgIpc) is 2.95. The molecule has 0 radical (unpaired) electrons. The van der Waals surface area contributed by atoms with Crippen LogP contribution < -0.4 is 19.7 Å². The smallest absolute Gasteiger partial charge is 0.281 e. The van der Waals surface area contributed by atoms with Crippen molar-refractivity contribution in [1.29, 1.82) is 0 Å². The van der Waals surface area contributed by atoms with E-state index in [-0.39, 0.29) is 5.91 Å². The molecule has 3 rings (SSSR count). The third kappa shape index (κ3) is 4.43. The van der Waals surface area contributed by atoms with Gasteiger partial charge < -0.3 is 14.8 Å². The van der Waals surface area contributed by atoms with Gasteiger partial charge in [-0.3, -0.25) is 9.69 Å². The zero-order chi connectivity index (χ0) is 20.1. The number of nitrogens with one attached hydrogen (secondary N) is 1. The number of thiocarbonyl (C=S) groups is 1. The summed E-state index contributed by atoms with van der Waals surface area (Å²) in [5.74, 6) is 1.02. The molecule has 5 nitrogen and oxygen atoms in total. The fourth-order valence-electron chi connectivity index (χ4n) is 2.68. The quantitative estimate of drug-likeness (QED) is 0.371. The summed E-state index contributed by atoms with van der Waals surface area (Å²) in [6.07, 6.45) is 3.41. The van der Waals surface area contributed by atoms with Gasteiger partial charge in [0, 0.05) is 4.47 Å². The van der Waals surface area contributed by atoms with Gasteiger partial charge in [-0.25, -0.2) is 0 Å². The largest absolute Gasteiger partial charge is 0.490 e. The van der Waals surface area contributed by atoms with Crippen molar-refractivity contribution >= 4 is 50.9 Å². The molecule has 7 heteroatoms. The molecule has 2 aromatic rings. The molecule has 0 aliphatic carbocycles. The molecule has 0 aromatic heterocycles. The van der Waals surface area contributed by atoms with Gasteiger partial charge in [-0.2, -0.15) is 0 Å². The van der Waals surface area contributed by atoms with Gasteiger partial charge in [-0.1, -0.05) is 34.7 Å². The van der Waals surface area contributed by atoms with Crippen molar-refractivity contribution in [2.24, 2.45) is 0 Å². The standard InChI is InChI=1S/C21H19BrN2O3S/c1-3-11-27-18-10-5-14(13-19(18)26-4-2)12-17-20(25)24(21(28)23-17)16-8-6-15(22)7-9-16/h3,5-10,12-13H,1,4,11H2,2H3,(H,23,28)/b17-12+. The van der Waals surface area contributed by atoms with Crippen molar-refractivity contribution in [3.8, 4) is 11.5 Å². The zero-order valence-corrected chi connectivity index (χ0v) is 17.7. The van der Waals surface area contributed by atoms with Gasteiger partial charge in [0.25, 0.3) is 5.91 Å². The minimum absolute atomic E-state index is 0.211. The molecule has 1 amide bonds. The second-order valence-corrected chi connectivity index (χ2v) is 7.15. The highest BCUT2D eigenvalue weighted by molar-refractivity contribution is 9.10. The topological polar surface area (TPSA) is 50.8 Å². The summed E-state index contributed by atoms with van der Waals surface area (Å²) >= 11 is 8.74. The van der Waals surface area contributed by atoms with Crippen molar-refractivity contribution in [3.05, 3.63) is 70.9 Å². The third-order valence-corrected chi connectivity index (χ3v) is 4.71. The van der Waals surface area contributed by atoms with E-state index >= 15 is 0 Å². The van der Waals surface area contributed by atoms with Crippen molar-refractivity contribution in [2.75, 3.05) is 18.1 Å². The van der Waals surface area contributed by atoms with Crippen LogP contribution in [0.4, 0.5) is 5.69 Å². The Hall–Kier alpha value is -2.64. The van der Waals surface area contributed by atoms with E-state index < -0.39 is 0 Å². The molecule has 0 spiro atoms. The molecular formula is C21H19BrN2O3S. The van der Waals surface area contributed by atoms with Crippen LogP contribution in [0.2, 0.25) is 0 Å². The molecule has 0 unspecified atom stereocenters. The highest BCUT2D eigenvalue weighted by atomic mass is 79.9. The monoisotopic (exact) mass is 458 g/mol. The minimum Gasteiger partial charge on any atom is -0.490 e. The lowest BCUT2D eigenvalue weighted by atomic mass is 10.1. The predicted molar refractivity (Wildman–Crippen MR) is 119 cm³/mol. The summed E-state index contributed by atoms with van der Waals surface area (Å²) in [4.78, 5) is 14.3. The summed E-state index contributed by atoms with van der Waals surface area (Å²) in [6.45, 7) is 6.44. The SMILES string of the molecule is C=CCOc1ccc(/C=C2/NC(=S)N(c3ccc(Br)cc3)C2=O)cc1OCC. The molecule has 1 N–H and O–H groups in total. The van der Waals surface area contributed by atoms with Crippen LogP contribution in [0.25, 0.3) is 6.08 Å². The number of hydrogen-bond donors (Lipinski definition) is 1. The van der Waals surface area contributed by atoms with Gasteiger partial charge in [-0.05, 0) is 67.2 Å². The second-order valence-electron chi connectivity index (χ2n) is 5.84. The fourth-order valence-corrected chi connectivity index (χ4v) is 3.24. The molecule has 0 saturated carbocycles. The number of anilines is 1. The van der Waals surface area contributed by atoms with Gasteiger partial charge in [0.1, 0.15) is 12.3 Å². The number of carbonyl (C=O) groups excluding carboxylic acids is 1. The normalized spacial score (nSPS) is 14.9. The maximum atomic E-state index is 12.9. The predicted octanol–water partition coefficient (Wildman–Crippen LogP) is 4.67. The molecule has 0 atom stereocenters. The van der Waals surface area contributed by atoms with E-state index in [1.807, 2.05) is 49.4 Å². The number of amides is 1. The third-order valence-electron chi connectivity index (χ3n) is 3.90. The molecular weight excluding hydrogens is 440 g/mol. The van der Waals surface area contributed by atoms with E-state index in [1.54, 1.807) is 12.2 Å². The van der Waals surface area contributed by atoms with Crippen molar-refractivity contribution in [2.45, 2.75) is 6.92 Å². The minimum atomic E-state index is -0.211.